The molecule has 2 aromatic rings. The summed E-state index contributed by atoms with van der Waals surface area (Å²) in [6.45, 7) is 8.59. The first-order valence-electron chi connectivity index (χ1n) is 12.4. The minimum absolute atomic E-state index is 0.0314. The van der Waals surface area contributed by atoms with Crippen molar-refractivity contribution in [3.63, 3.8) is 0 Å². The first-order chi connectivity index (χ1) is 19.6. The van der Waals surface area contributed by atoms with Crippen LogP contribution in [0.4, 0.5) is 0 Å². The van der Waals surface area contributed by atoms with E-state index in [0.717, 1.165) is 9.80 Å². The van der Waals surface area contributed by atoms with Gasteiger partial charge in [-0.1, -0.05) is 63.6 Å². The van der Waals surface area contributed by atoms with Crippen LogP contribution in [0.1, 0.15) is 76.1 Å². The van der Waals surface area contributed by atoms with Gasteiger partial charge in [0.25, 0.3) is 23.6 Å². The summed E-state index contributed by atoms with van der Waals surface area (Å²) < 4.78 is 5.11. The number of ether oxygens (including phenoxy) is 1. The van der Waals surface area contributed by atoms with Crippen molar-refractivity contribution in [2.24, 2.45) is 11.8 Å². The van der Waals surface area contributed by atoms with Gasteiger partial charge in [-0.2, -0.15) is 0 Å². The Labute approximate surface area is 277 Å². The lowest BCUT2D eigenvalue weighted by atomic mass is 10.1. The predicted molar refractivity (Wildman–Crippen MR) is 169 cm³/mol. The quantitative estimate of drug-likeness (QED) is 0.105. The second-order valence-corrected chi connectivity index (χ2v) is 16.9. The number of nitrogens with zero attached hydrogens (tertiary/aromatic N) is 2. The standard InChI is InChI=1S/C14H15NO4.C12H12ClNO2.CH2Cl2.Al.3ClH/c1-8(2)14(19-9(3)16)15-12(17)10-6-4-5-7-11(10)13(15)18;1-7(2)10(13)14-11(15)8-5-3-4-6-9(8)12(14)16;2-1-3;;;;/h4-8,14H,1-3H3;3-7,10H,1-2H3;1H2;;3*1H/q;;;+3;;;/p-3. The number of hydrogen-bond donors (Lipinski definition) is 0. The molecule has 8 nitrogen and oxygen atoms in total. The van der Waals surface area contributed by atoms with Crippen molar-refractivity contribution < 1.29 is 28.7 Å². The molecule has 0 fully saturated rings. The zero-order valence-electron chi connectivity index (χ0n) is 23.3. The molecule has 4 amide bonds. The predicted octanol–water partition coefficient (Wildman–Crippen LogP) is 7.44. The highest BCUT2D eigenvalue weighted by Crippen LogP contribution is 2.29. The molecule has 2 aliphatic rings. The Morgan fingerprint density at radius 2 is 1.00 bits per heavy atom. The van der Waals surface area contributed by atoms with Crippen LogP contribution >= 0.6 is 65.0 Å². The molecular formula is C27H29AlCl6N2O6. The molecule has 0 N–H and O–H groups in total. The molecular weight excluding hydrogens is 688 g/mol. The van der Waals surface area contributed by atoms with Gasteiger partial charge in [0, 0.05) is 12.8 Å². The molecule has 2 aromatic carbocycles. The number of hydrogen-bond acceptors (Lipinski definition) is 6. The fraction of sp³-hybridized carbons (Fsp3) is 0.370. The Morgan fingerprint density at radius 1 is 0.714 bits per heavy atom. The molecule has 0 spiro atoms. The van der Waals surface area contributed by atoms with Crippen molar-refractivity contribution in [1.29, 1.82) is 0 Å². The second kappa shape index (κ2) is 18.3. The number of amides is 4. The molecule has 42 heavy (non-hydrogen) atoms. The van der Waals surface area contributed by atoms with Crippen LogP contribution in [0.15, 0.2) is 48.5 Å². The van der Waals surface area contributed by atoms with Crippen molar-refractivity contribution in [1.82, 2.24) is 9.80 Å². The van der Waals surface area contributed by atoms with Gasteiger partial charge in [0.1, 0.15) is 5.50 Å². The minimum atomic E-state index is -1.72. The van der Waals surface area contributed by atoms with Crippen molar-refractivity contribution in [3.05, 3.63) is 70.8 Å². The van der Waals surface area contributed by atoms with Crippen molar-refractivity contribution in [2.75, 3.05) is 5.34 Å². The Kier molecular flexibility index (Phi) is 16.8. The highest BCUT2D eigenvalue weighted by Gasteiger charge is 2.42. The normalized spacial score (nSPS) is 14.6. The van der Waals surface area contributed by atoms with E-state index in [1.165, 1.54) is 6.92 Å². The highest BCUT2D eigenvalue weighted by molar-refractivity contribution is 7.54. The molecule has 0 radical (unpaired) electrons. The summed E-state index contributed by atoms with van der Waals surface area (Å²) in [6.07, 6.45) is -0.870. The van der Waals surface area contributed by atoms with Crippen LogP contribution in [0.25, 0.3) is 0 Å². The van der Waals surface area contributed by atoms with Crippen molar-refractivity contribution in [3.8, 4) is 0 Å². The minimum Gasteiger partial charge on any atom is -0.441 e. The summed E-state index contributed by atoms with van der Waals surface area (Å²) in [5.74, 6) is -2.09. The third-order valence-corrected chi connectivity index (χ3v) is 6.26. The Bertz CT molecular complexity index is 1210. The first-order valence-corrected chi connectivity index (χ1v) is 19.2. The molecule has 0 aliphatic carbocycles. The third kappa shape index (κ3) is 10.3. The van der Waals surface area contributed by atoms with Gasteiger partial charge in [-0.15, -0.1) is 23.2 Å². The smallest absolute Gasteiger partial charge is 0.441 e. The zero-order valence-corrected chi connectivity index (χ0v) is 29.0. The topological polar surface area (TPSA) is 101 Å². The summed E-state index contributed by atoms with van der Waals surface area (Å²) in [7, 11) is 14.8. The van der Waals surface area contributed by atoms with E-state index >= 15 is 0 Å². The number of halogens is 6. The number of carbonyl (C=O) groups excluding carboxylic acids is 5. The monoisotopic (exact) mass is 714 g/mol. The van der Waals surface area contributed by atoms with Gasteiger partial charge in [-0.25, -0.2) is 35.0 Å². The van der Waals surface area contributed by atoms with Gasteiger partial charge in [0.2, 0.25) is 0 Å². The maximum absolute atomic E-state index is 12.2. The maximum Gasteiger partial charge on any atom is 0.643 e. The van der Waals surface area contributed by atoms with Gasteiger partial charge in [0.15, 0.2) is 6.23 Å². The van der Waals surface area contributed by atoms with Gasteiger partial charge in [-0.05, 0) is 30.2 Å². The number of esters is 1. The molecule has 0 aromatic heterocycles. The molecule has 228 valence electrons. The molecule has 0 saturated carbocycles. The van der Waals surface area contributed by atoms with E-state index < -0.39 is 40.9 Å². The van der Waals surface area contributed by atoms with Crippen LogP contribution < -0.4 is 0 Å². The Balaban J connectivity index is 0.000000347. The summed E-state index contributed by atoms with van der Waals surface area (Å²) in [5, 5.41) is 0.194. The lowest BCUT2D eigenvalue weighted by Crippen LogP contribution is -2.45. The van der Waals surface area contributed by atoms with E-state index in [0.29, 0.717) is 22.3 Å². The Hall–Kier alpha value is -1.54. The van der Waals surface area contributed by atoms with Crippen LogP contribution in [-0.2, 0) is 9.53 Å². The van der Waals surface area contributed by atoms with Crippen LogP contribution in [0.3, 0.4) is 0 Å². The van der Waals surface area contributed by atoms with Crippen LogP contribution in [-0.4, -0.2) is 67.9 Å². The van der Waals surface area contributed by atoms with Gasteiger partial charge >= 0.3 is 17.4 Å². The number of alkyl halides is 3. The lowest BCUT2D eigenvalue weighted by molar-refractivity contribution is -0.155. The second-order valence-electron chi connectivity index (χ2n) is 9.26. The fourth-order valence-electron chi connectivity index (χ4n) is 3.83. The number of benzene rings is 2. The number of rotatable bonds is 5. The van der Waals surface area contributed by atoms with Crippen LogP contribution in [0.2, 0.25) is 0 Å². The summed E-state index contributed by atoms with van der Waals surface area (Å²) in [5.41, 5.74) is 1.00. The largest absolute Gasteiger partial charge is 0.643 e. The molecule has 2 unspecified atom stereocenters. The van der Waals surface area contributed by atoms with E-state index in [9.17, 15) is 24.0 Å². The van der Waals surface area contributed by atoms with Gasteiger partial charge < -0.3 is 4.74 Å². The zero-order chi connectivity index (χ0) is 32.3. The third-order valence-electron chi connectivity index (χ3n) is 5.56. The van der Waals surface area contributed by atoms with Gasteiger partial charge in [-0.3, -0.25) is 28.9 Å². The number of imide groups is 2. The fourth-order valence-corrected chi connectivity index (χ4v) is 4.00. The average molecular weight is 717 g/mol. The van der Waals surface area contributed by atoms with E-state index in [4.69, 9.17) is 69.7 Å². The first kappa shape index (κ1) is 38.5. The maximum atomic E-state index is 12.2. The summed E-state index contributed by atoms with van der Waals surface area (Å²) in [6, 6.07) is 13.4. The number of fused-ring (bicyclic) bond motifs is 2. The lowest BCUT2D eigenvalue weighted by Gasteiger charge is -2.28. The average Bonchev–Trinajstić information content (AvgIpc) is 3.31. The van der Waals surface area contributed by atoms with E-state index in [2.05, 4.69) is 0 Å². The summed E-state index contributed by atoms with van der Waals surface area (Å²) in [4.78, 5) is 61.7. The van der Waals surface area contributed by atoms with E-state index in [1.807, 2.05) is 13.8 Å². The molecule has 4 rings (SSSR count). The van der Waals surface area contributed by atoms with E-state index in [-0.39, 0.29) is 29.0 Å². The van der Waals surface area contributed by atoms with Crippen LogP contribution in [0.5, 0.6) is 0 Å². The van der Waals surface area contributed by atoms with E-state index in [1.54, 1.807) is 62.4 Å². The molecule has 2 heterocycles. The van der Waals surface area contributed by atoms with Crippen molar-refractivity contribution in [2.45, 2.75) is 46.3 Å². The van der Waals surface area contributed by atoms with Crippen molar-refractivity contribution >= 4 is 106 Å². The molecule has 15 heteroatoms. The highest BCUT2D eigenvalue weighted by atomic mass is 35.8. The van der Waals surface area contributed by atoms with Gasteiger partial charge in [0.05, 0.1) is 27.6 Å². The Morgan fingerprint density at radius 3 is 1.24 bits per heavy atom. The molecule has 2 atom stereocenters. The summed E-state index contributed by atoms with van der Waals surface area (Å²) >= 11 is 13.9. The number of carbonyl (C=O) groups is 5. The SMILES string of the molecule is CC(=O)OC(C(C)C)N1C(=O)c2ccccc2C1=O.CC(C)C(Cl)N1C(=O)c2ccccc2C1=O.ClCCl.[Cl][Al]([Cl])[Cl]. The molecule has 2 aliphatic heterocycles. The molecule has 0 bridgehead atoms. The molecule has 0 saturated heterocycles. The van der Waals surface area contributed by atoms with Crippen LogP contribution in [0, 0.1) is 11.8 Å².